The minimum Gasteiger partial charge on any atom is -0.353 e. The van der Waals surface area contributed by atoms with Crippen LogP contribution in [0.5, 0.6) is 0 Å². The Kier molecular flexibility index (Phi) is 7.22. The normalized spacial score (nSPS) is 18.6. The van der Waals surface area contributed by atoms with Gasteiger partial charge in [0.15, 0.2) is 0 Å². The van der Waals surface area contributed by atoms with E-state index in [0.717, 1.165) is 36.7 Å². The molecule has 1 aromatic carbocycles. The molecule has 1 aliphatic heterocycles. The zero-order valence-corrected chi connectivity index (χ0v) is 14.4. The molecule has 1 aromatic rings. The second-order valence-electron chi connectivity index (χ2n) is 5.67. The number of carbonyl (C=O) groups excluding carboxylic acids is 1. The number of hydrogen-bond acceptors (Lipinski definition) is 4. The van der Waals surface area contributed by atoms with Gasteiger partial charge in [0.05, 0.1) is 0 Å². The summed E-state index contributed by atoms with van der Waals surface area (Å²) in [4.78, 5) is 15.1. The second-order valence-corrected chi connectivity index (χ2v) is 6.89. The lowest BCUT2D eigenvalue weighted by Crippen LogP contribution is -2.47. The average molecular weight is 321 g/mol. The predicted molar refractivity (Wildman–Crippen MR) is 94.2 cm³/mol. The third kappa shape index (κ3) is 5.00. The first kappa shape index (κ1) is 17.3. The summed E-state index contributed by atoms with van der Waals surface area (Å²) < 4.78 is 0. The first-order chi connectivity index (χ1) is 10.7. The molecular formula is C17H27N3OS. The fourth-order valence-corrected chi connectivity index (χ4v) is 3.70. The zero-order valence-electron chi connectivity index (χ0n) is 13.5. The van der Waals surface area contributed by atoms with Gasteiger partial charge in [0, 0.05) is 37.2 Å². The fourth-order valence-electron chi connectivity index (χ4n) is 2.77. The number of carbonyl (C=O) groups is 1. The van der Waals surface area contributed by atoms with Gasteiger partial charge in [0.2, 0.25) is 5.91 Å². The van der Waals surface area contributed by atoms with Crippen LogP contribution in [0.2, 0.25) is 0 Å². The van der Waals surface area contributed by atoms with Crippen LogP contribution in [0, 0.1) is 0 Å². The Labute approximate surface area is 138 Å². The summed E-state index contributed by atoms with van der Waals surface area (Å²) in [5.74, 6) is 2.32. The minimum absolute atomic E-state index is 0.114. The highest BCUT2D eigenvalue weighted by molar-refractivity contribution is 7.99. The monoisotopic (exact) mass is 321 g/mol. The van der Waals surface area contributed by atoms with Crippen molar-refractivity contribution in [2.75, 3.05) is 37.7 Å². The summed E-state index contributed by atoms with van der Waals surface area (Å²) in [6.07, 6.45) is 0. The number of benzene rings is 1. The Hall–Kier alpha value is -1.04. The van der Waals surface area contributed by atoms with Gasteiger partial charge in [0.1, 0.15) is 6.04 Å². The van der Waals surface area contributed by atoms with Crippen molar-refractivity contribution < 1.29 is 4.79 Å². The van der Waals surface area contributed by atoms with Crippen molar-refractivity contribution in [1.82, 2.24) is 15.5 Å². The topological polar surface area (TPSA) is 44.4 Å². The van der Waals surface area contributed by atoms with Gasteiger partial charge in [-0.3, -0.25) is 9.69 Å². The number of nitrogens with zero attached hydrogens (tertiary/aromatic N) is 1. The lowest BCUT2D eigenvalue weighted by Gasteiger charge is -2.34. The first-order valence-corrected chi connectivity index (χ1v) is 9.25. The van der Waals surface area contributed by atoms with E-state index in [2.05, 4.69) is 41.5 Å². The van der Waals surface area contributed by atoms with E-state index in [4.69, 9.17) is 0 Å². The van der Waals surface area contributed by atoms with E-state index in [1.807, 2.05) is 30.0 Å². The van der Waals surface area contributed by atoms with Crippen LogP contribution in [0.3, 0.4) is 0 Å². The highest BCUT2D eigenvalue weighted by Crippen LogP contribution is 2.24. The molecule has 0 radical (unpaired) electrons. The first-order valence-electron chi connectivity index (χ1n) is 8.10. The Balaban J connectivity index is 2.05. The molecule has 2 atom stereocenters. The summed E-state index contributed by atoms with van der Waals surface area (Å²) in [6.45, 7) is 7.71. The standard InChI is InChI=1S/C17H27N3OS/c1-3-18-14(2)13-19-17(21)16(15-7-5-4-6-8-15)20-9-11-22-12-10-20/h4-8,14,16,18H,3,9-13H2,1-2H3,(H,19,21)/t14-,16?/m1/s1. The largest absolute Gasteiger partial charge is 0.353 e. The molecule has 0 aliphatic carbocycles. The van der Waals surface area contributed by atoms with Crippen LogP contribution in [0.1, 0.15) is 25.5 Å². The SMILES string of the molecule is CCN[C@H](C)CNC(=O)C(c1ccccc1)N1CCSCC1. The summed E-state index contributed by atoms with van der Waals surface area (Å²) >= 11 is 1.96. The molecule has 0 spiro atoms. The number of hydrogen-bond donors (Lipinski definition) is 2. The van der Waals surface area contributed by atoms with Crippen LogP contribution in [-0.4, -0.2) is 54.5 Å². The molecule has 0 aromatic heterocycles. The van der Waals surface area contributed by atoms with Crippen LogP contribution < -0.4 is 10.6 Å². The molecule has 1 unspecified atom stereocenters. The summed E-state index contributed by atoms with van der Waals surface area (Å²) in [5.41, 5.74) is 1.09. The van der Waals surface area contributed by atoms with Crippen molar-refractivity contribution in [2.45, 2.75) is 25.9 Å². The lowest BCUT2D eigenvalue weighted by atomic mass is 10.0. The molecule has 122 valence electrons. The van der Waals surface area contributed by atoms with Gasteiger partial charge in [-0.15, -0.1) is 0 Å². The fraction of sp³-hybridized carbons (Fsp3) is 0.588. The van der Waals surface area contributed by atoms with E-state index < -0.39 is 0 Å². The van der Waals surface area contributed by atoms with Crippen molar-refractivity contribution in [3.05, 3.63) is 35.9 Å². The molecule has 2 rings (SSSR count). The Bertz CT molecular complexity index is 448. The van der Waals surface area contributed by atoms with Crippen molar-refractivity contribution in [1.29, 1.82) is 0 Å². The maximum Gasteiger partial charge on any atom is 0.242 e. The molecule has 0 bridgehead atoms. The highest BCUT2D eigenvalue weighted by Gasteiger charge is 2.28. The number of amides is 1. The number of rotatable bonds is 7. The van der Waals surface area contributed by atoms with Gasteiger partial charge in [0.25, 0.3) is 0 Å². The number of thioether (sulfide) groups is 1. The highest BCUT2D eigenvalue weighted by atomic mass is 32.2. The molecule has 1 fully saturated rings. The third-order valence-electron chi connectivity index (χ3n) is 3.91. The minimum atomic E-state index is -0.170. The van der Waals surface area contributed by atoms with Crippen LogP contribution in [0.4, 0.5) is 0 Å². The van der Waals surface area contributed by atoms with Crippen LogP contribution in [-0.2, 0) is 4.79 Å². The summed E-state index contributed by atoms with van der Waals surface area (Å²) in [7, 11) is 0. The van der Waals surface area contributed by atoms with Crippen LogP contribution in [0.15, 0.2) is 30.3 Å². The summed E-state index contributed by atoms with van der Waals surface area (Å²) in [5, 5.41) is 6.44. The maximum absolute atomic E-state index is 12.8. The predicted octanol–water partition coefficient (Wildman–Crippen LogP) is 1.89. The van der Waals surface area contributed by atoms with Crippen molar-refractivity contribution in [3.8, 4) is 0 Å². The van der Waals surface area contributed by atoms with Gasteiger partial charge in [-0.25, -0.2) is 0 Å². The molecular weight excluding hydrogens is 294 g/mol. The molecule has 1 saturated heterocycles. The molecule has 5 heteroatoms. The average Bonchev–Trinajstić information content (AvgIpc) is 2.55. The number of nitrogens with one attached hydrogen (secondary N) is 2. The van der Waals surface area contributed by atoms with E-state index in [1.54, 1.807) is 0 Å². The van der Waals surface area contributed by atoms with Crippen molar-refractivity contribution >= 4 is 17.7 Å². The van der Waals surface area contributed by atoms with Crippen molar-refractivity contribution in [2.24, 2.45) is 0 Å². The van der Waals surface area contributed by atoms with Gasteiger partial charge in [-0.05, 0) is 19.0 Å². The third-order valence-corrected chi connectivity index (χ3v) is 4.85. The smallest absolute Gasteiger partial charge is 0.242 e. The molecule has 4 nitrogen and oxygen atoms in total. The van der Waals surface area contributed by atoms with Gasteiger partial charge in [-0.2, -0.15) is 11.8 Å². The Morgan fingerprint density at radius 1 is 1.27 bits per heavy atom. The van der Waals surface area contributed by atoms with Gasteiger partial charge in [-0.1, -0.05) is 37.3 Å². The molecule has 1 heterocycles. The quantitative estimate of drug-likeness (QED) is 0.805. The van der Waals surface area contributed by atoms with Gasteiger partial charge >= 0.3 is 0 Å². The molecule has 2 N–H and O–H groups in total. The van der Waals surface area contributed by atoms with E-state index in [9.17, 15) is 4.79 Å². The summed E-state index contributed by atoms with van der Waals surface area (Å²) in [6, 6.07) is 10.3. The molecule has 1 aliphatic rings. The number of likely N-dealkylation sites (N-methyl/N-ethyl adjacent to an activating group) is 1. The lowest BCUT2D eigenvalue weighted by molar-refractivity contribution is -0.126. The van der Waals surface area contributed by atoms with E-state index in [0.29, 0.717) is 12.6 Å². The molecule has 22 heavy (non-hydrogen) atoms. The van der Waals surface area contributed by atoms with E-state index in [1.165, 1.54) is 0 Å². The van der Waals surface area contributed by atoms with Gasteiger partial charge < -0.3 is 10.6 Å². The zero-order chi connectivity index (χ0) is 15.8. The molecule has 0 saturated carbocycles. The second kappa shape index (κ2) is 9.18. The Morgan fingerprint density at radius 3 is 2.59 bits per heavy atom. The Morgan fingerprint density at radius 2 is 1.95 bits per heavy atom. The van der Waals surface area contributed by atoms with Crippen LogP contribution >= 0.6 is 11.8 Å². The van der Waals surface area contributed by atoms with E-state index in [-0.39, 0.29) is 11.9 Å². The van der Waals surface area contributed by atoms with Crippen LogP contribution in [0.25, 0.3) is 0 Å². The van der Waals surface area contributed by atoms with E-state index >= 15 is 0 Å². The maximum atomic E-state index is 12.8. The molecule has 1 amide bonds. The van der Waals surface area contributed by atoms with Crippen molar-refractivity contribution in [3.63, 3.8) is 0 Å².